The van der Waals surface area contributed by atoms with Gasteiger partial charge in [-0.3, -0.25) is 9.59 Å². The first kappa shape index (κ1) is 18.7. The molecule has 0 radical (unpaired) electrons. The summed E-state index contributed by atoms with van der Waals surface area (Å²) in [6.07, 6.45) is 2.29. The van der Waals surface area contributed by atoms with Crippen LogP contribution in [-0.4, -0.2) is 18.4 Å². The Kier molecular flexibility index (Phi) is 5.29. The SMILES string of the molecule is NC(=O)c1ccc(NC(=O)c2ccc(CN3CCCc4ccccc43)cc2)cc1. The second kappa shape index (κ2) is 8.19. The van der Waals surface area contributed by atoms with Crippen LogP contribution in [0, 0.1) is 0 Å². The Morgan fingerprint density at radius 3 is 2.31 bits per heavy atom. The zero-order valence-corrected chi connectivity index (χ0v) is 16.1. The molecular formula is C24H23N3O2. The lowest BCUT2D eigenvalue weighted by Gasteiger charge is -2.31. The Bertz CT molecular complexity index is 1030. The van der Waals surface area contributed by atoms with Crippen molar-refractivity contribution in [1.82, 2.24) is 0 Å². The third kappa shape index (κ3) is 4.29. The number of nitrogens with zero attached hydrogens (tertiary/aromatic N) is 1. The Hall–Kier alpha value is -3.60. The molecule has 146 valence electrons. The van der Waals surface area contributed by atoms with E-state index in [1.165, 1.54) is 16.8 Å². The van der Waals surface area contributed by atoms with Crippen molar-refractivity contribution in [3.05, 3.63) is 95.1 Å². The number of nitrogens with two attached hydrogens (primary N) is 1. The van der Waals surface area contributed by atoms with E-state index < -0.39 is 5.91 Å². The lowest BCUT2D eigenvalue weighted by molar-refractivity contribution is 0.0998. The van der Waals surface area contributed by atoms with Crippen LogP contribution in [-0.2, 0) is 13.0 Å². The third-order valence-corrected chi connectivity index (χ3v) is 5.22. The molecule has 4 rings (SSSR count). The summed E-state index contributed by atoms with van der Waals surface area (Å²) in [5.41, 5.74) is 10.7. The molecule has 5 heteroatoms. The molecule has 1 aliphatic rings. The van der Waals surface area contributed by atoms with Gasteiger partial charge in [-0.05, 0) is 66.4 Å². The molecule has 1 aliphatic heterocycles. The van der Waals surface area contributed by atoms with Crippen LogP contribution in [0.5, 0.6) is 0 Å². The smallest absolute Gasteiger partial charge is 0.255 e. The molecule has 3 N–H and O–H groups in total. The Balaban J connectivity index is 1.41. The number of nitrogens with one attached hydrogen (secondary N) is 1. The molecule has 2 amide bonds. The monoisotopic (exact) mass is 385 g/mol. The summed E-state index contributed by atoms with van der Waals surface area (Å²) in [5, 5.41) is 2.84. The highest BCUT2D eigenvalue weighted by Gasteiger charge is 2.16. The van der Waals surface area contributed by atoms with Crippen molar-refractivity contribution in [2.75, 3.05) is 16.8 Å². The predicted molar refractivity (Wildman–Crippen MR) is 115 cm³/mol. The van der Waals surface area contributed by atoms with Gasteiger partial charge in [-0.15, -0.1) is 0 Å². The second-order valence-corrected chi connectivity index (χ2v) is 7.25. The van der Waals surface area contributed by atoms with Gasteiger partial charge >= 0.3 is 0 Å². The van der Waals surface area contributed by atoms with Gasteiger partial charge < -0.3 is 16.0 Å². The molecule has 0 atom stereocenters. The lowest BCUT2D eigenvalue weighted by atomic mass is 10.0. The fourth-order valence-corrected chi connectivity index (χ4v) is 3.68. The normalized spacial score (nSPS) is 12.9. The first-order valence-corrected chi connectivity index (χ1v) is 9.73. The highest BCUT2D eigenvalue weighted by Crippen LogP contribution is 2.28. The van der Waals surface area contributed by atoms with E-state index in [-0.39, 0.29) is 5.91 Å². The maximum atomic E-state index is 12.5. The van der Waals surface area contributed by atoms with Crippen molar-refractivity contribution in [3.63, 3.8) is 0 Å². The molecular weight excluding hydrogens is 362 g/mol. The van der Waals surface area contributed by atoms with Gasteiger partial charge in [0.1, 0.15) is 0 Å². The first-order valence-electron chi connectivity index (χ1n) is 9.73. The Morgan fingerprint density at radius 2 is 1.59 bits per heavy atom. The molecule has 0 saturated carbocycles. The molecule has 0 unspecified atom stereocenters. The number of primary amides is 1. The molecule has 0 fully saturated rings. The number of rotatable bonds is 5. The van der Waals surface area contributed by atoms with Crippen LogP contribution >= 0.6 is 0 Å². The van der Waals surface area contributed by atoms with Gasteiger partial charge in [0.2, 0.25) is 5.91 Å². The van der Waals surface area contributed by atoms with E-state index in [4.69, 9.17) is 5.73 Å². The summed E-state index contributed by atoms with van der Waals surface area (Å²) in [4.78, 5) is 26.0. The van der Waals surface area contributed by atoms with E-state index >= 15 is 0 Å². The second-order valence-electron chi connectivity index (χ2n) is 7.25. The van der Waals surface area contributed by atoms with Crippen LogP contribution in [0.2, 0.25) is 0 Å². The Labute approximate surface area is 170 Å². The van der Waals surface area contributed by atoms with Crippen molar-refractivity contribution in [2.24, 2.45) is 5.73 Å². The minimum Gasteiger partial charge on any atom is -0.367 e. The van der Waals surface area contributed by atoms with Crippen molar-refractivity contribution >= 4 is 23.2 Å². The average molecular weight is 385 g/mol. The number of para-hydroxylation sites is 1. The highest BCUT2D eigenvalue weighted by molar-refractivity contribution is 6.04. The fourth-order valence-electron chi connectivity index (χ4n) is 3.68. The predicted octanol–water partition coefficient (Wildman–Crippen LogP) is 3.99. The molecule has 3 aromatic carbocycles. The van der Waals surface area contributed by atoms with Gasteiger partial charge in [-0.25, -0.2) is 0 Å². The molecule has 0 spiro atoms. The van der Waals surface area contributed by atoms with Gasteiger partial charge in [0, 0.05) is 35.6 Å². The molecule has 0 saturated heterocycles. The quantitative estimate of drug-likeness (QED) is 0.697. The van der Waals surface area contributed by atoms with Crippen molar-refractivity contribution in [3.8, 4) is 0 Å². The topological polar surface area (TPSA) is 75.4 Å². The minimum absolute atomic E-state index is 0.188. The number of carbonyl (C=O) groups excluding carboxylic acids is 2. The Morgan fingerprint density at radius 1 is 0.897 bits per heavy atom. The van der Waals surface area contributed by atoms with Crippen molar-refractivity contribution in [1.29, 1.82) is 0 Å². The standard InChI is InChI=1S/C24H23N3O2/c25-23(28)19-11-13-21(14-12-19)26-24(29)20-9-7-17(8-10-20)16-27-15-3-5-18-4-1-2-6-22(18)27/h1-2,4,6-14H,3,5,15-16H2,(H2,25,28)(H,26,29). The fraction of sp³-hybridized carbons (Fsp3) is 0.167. The van der Waals surface area contributed by atoms with Crippen molar-refractivity contribution < 1.29 is 9.59 Å². The maximum Gasteiger partial charge on any atom is 0.255 e. The first-order chi connectivity index (χ1) is 14.1. The van der Waals surface area contributed by atoms with Crippen LogP contribution in [0.1, 0.15) is 38.3 Å². The summed E-state index contributed by atoms with van der Waals surface area (Å²) in [5.74, 6) is -0.679. The summed E-state index contributed by atoms with van der Waals surface area (Å²) in [6, 6.07) is 22.8. The van der Waals surface area contributed by atoms with Crippen LogP contribution in [0.15, 0.2) is 72.8 Å². The number of fused-ring (bicyclic) bond motifs is 1. The molecule has 29 heavy (non-hydrogen) atoms. The third-order valence-electron chi connectivity index (χ3n) is 5.22. The van der Waals surface area contributed by atoms with Crippen LogP contribution in [0.3, 0.4) is 0 Å². The van der Waals surface area contributed by atoms with Gasteiger partial charge in [0.25, 0.3) is 5.91 Å². The number of carbonyl (C=O) groups is 2. The largest absolute Gasteiger partial charge is 0.367 e. The molecule has 5 nitrogen and oxygen atoms in total. The average Bonchev–Trinajstić information content (AvgIpc) is 2.75. The van der Waals surface area contributed by atoms with Gasteiger partial charge in [-0.2, -0.15) is 0 Å². The molecule has 0 aromatic heterocycles. The summed E-state index contributed by atoms with van der Waals surface area (Å²) in [6.45, 7) is 1.87. The summed E-state index contributed by atoms with van der Waals surface area (Å²) >= 11 is 0. The van der Waals surface area contributed by atoms with Gasteiger partial charge in [0.05, 0.1) is 0 Å². The minimum atomic E-state index is -0.491. The number of benzene rings is 3. The number of amides is 2. The van der Waals surface area contributed by atoms with E-state index in [1.54, 1.807) is 24.3 Å². The number of aryl methyl sites for hydroxylation is 1. The van der Waals surface area contributed by atoms with E-state index in [9.17, 15) is 9.59 Å². The molecule has 1 heterocycles. The number of anilines is 2. The van der Waals surface area contributed by atoms with E-state index in [1.807, 2.05) is 24.3 Å². The summed E-state index contributed by atoms with van der Waals surface area (Å²) < 4.78 is 0. The maximum absolute atomic E-state index is 12.5. The lowest BCUT2D eigenvalue weighted by Crippen LogP contribution is -2.28. The van der Waals surface area contributed by atoms with Gasteiger partial charge in [-0.1, -0.05) is 30.3 Å². The van der Waals surface area contributed by atoms with Gasteiger partial charge in [0.15, 0.2) is 0 Å². The van der Waals surface area contributed by atoms with Crippen LogP contribution in [0.4, 0.5) is 11.4 Å². The van der Waals surface area contributed by atoms with E-state index in [0.29, 0.717) is 16.8 Å². The van der Waals surface area contributed by atoms with E-state index in [0.717, 1.165) is 25.9 Å². The zero-order chi connectivity index (χ0) is 20.2. The molecule has 0 bridgehead atoms. The zero-order valence-electron chi connectivity index (χ0n) is 16.1. The van der Waals surface area contributed by atoms with Crippen molar-refractivity contribution in [2.45, 2.75) is 19.4 Å². The molecule has 3 aromatic rings. The summed E-state index contributed by atoms with van der Waals surface area (Å²) in [7, 11) is 0. The number of hydrogen-bond acceptors (Lipinski definition) is 3. The van der Waals surface area contributed by atoms with Crippen LogP contribution < -0.4 is 16.0 Å². The highest BCUT2D eigenvalue weighted by atomic mass is 16.2. The van der Waals surface area contributed by atoms with E-state index in [2.05, 4.69) is 34.5 Å². The number of hydrogen-bond donors (Lipinski definition) is 2. The molecule has 0 aliphatic carbocycles. The van der Waals surface area contributed by atoms with Crippen LogP contribution in [0.25, 0.3) is 0 Å².